The Labute approximate surface area is 166 Å². The van der Waals surface area contributed by atoms with Gasteiger partial charge in [0.1, 0.15) is 0 Å². The lowest BCUT2D eigenvalue weighted by Crippen LogP contribution is -2.36. The Hall–Kier alpha value is -1.34. The van der Waals surface area contributed by atoms with E-state index in [-0.39, 0.29) is 0 Å². The van der Waals surface area contributed by atoms with Gasteiger partial charge in [0, 0.05) is 29.4 Å². The van der Waals surface area contributed by atoms with E-state index in [2.05, 4.69) is 48.3 Å². The first kappa shape index (κ1) is 19.0. The number of likely N-dealkylation sites (N-methyl/N-ethyl adjacent to an activating group) is 1. The Kier molecular flexibility index (Phi) is 5.34. The topological polar surface area (TPSA) is 40.6 Å². The maximum Gasteiger partial charge on any atom is 0.220 e. The minimum absolute atomic E-state index is 0.520. The Morgan fingerprint density at radius 1 is 0.963 bits per heavy atom. The largest absolute Gasteiger partial charge is 0.305 e. The molecule has 0 bridgehead atoms. The standard InChI is InChI=1S/C21H26N2O2S2/c1-16(27(24,25)23-11-5-10-22(2)12-13-23)17-8-9-21-19(14-17)15-18-6-3-4-7-20(18)26-21/h3-4,6-9,14,16H,5,10-13,15H2,1-2H3. The second-order valence-electron chi connectivity index (χ2n) is 7.50. The number of sulfonamides is 1. The third kappa shape index (κ3) is 3.81. The molecule has 1 unspecified atom stereocenters. The van der Waals surface area contributed by atoms with Crippen LogP contribution in [0.15, 0.2) is 52.3 Å². The lowest BCUT2D eigenvalue weighted by Gasteiger charge is -2.26. The zero-order valence-electron chi connectivity index (χ0n) is 15.9. The Morgan fingerprint density at radius 3 is 2.59 bits per heavy atom. The predicted molar refractivity (Wildman–Crippen MR) is 111 cm³/mol. The SMILES string of the molecule is CC(c1ccc2c(c1)Cc1ccccc1S2)S(=O)(=O)N1CCCN(C)CC1. The molecule has 6 heteroatoms. The Morgan fingerprint density at radius 2 is 1.74 bits per heavy atom. The fourth-order valence-electron chi connectivity index (χ4n) is 3.84. The summed E-state index contributed by atoms with van der Waals surface area (Å²) in [6.45, 7) is 4.78. The van der Waals surface area contributed by atoms with Crippen LogP contribution in [0.1, 0.15) is 35.3 Å². The van der Waals surface area contributed by atoms with Crippen LogP contribution in [0.4, 0.5) is 0 Å². The van der Waals surface area contributed by atoms with E-state index in [0.29, 0.717) is 13.1 Å². The molecule has 0 radical (unpaired) electrons. The van der Waals surface area contributed by atoms with Gasteiger partial charge in [-0.05, 0) is 62.2 Å². The molecule has 2 aliphatic heterocycles. The van der Waals surface area contributed by atoms with E-state index in [9.17, 15) is 8.42 Å². The molecule has 2 aliphatic rings. The number of hydrogen-bond acceptors (Lipinski definition) is 4. The van der Waals surface area contributed by atoms with Crippen LogP contribution in [0, 0.1) is 0 Å². The first-order chi connectivity index (χ1) is 12.9. The van der Waals surface area contributed by atoms with Crippen molar-refractivity contribution in [1.82, 2.24) is 9.21 Å². The van der Waals surface area contributed by atoms with Crippen molar-refractivity contribution in [2.75, 3.05) is 33.2 Å². The first-order valence-electron chi connectivity index (χ1n) is 9.51. The van der Waals surface area contributed by atoms with Crippen LogP contribution in [0.3, 0.4) is 0 Å². The summed E-state index contributed by atoms with van der Waals surface area (Å²) >= 11 is 1.78. The van der Waals surface area contributed by atoms with Gasteiger partial charge in [0.2, 0.25) is 10.0 Å². The van der Waals surface area contributed by atoms with E-state index in [4.69, 9.17) is 0 Å². The van der Waals surface area contributed by atoms with Crippen molar-refractivity contribution in [3.63, 3.8) is 0 Å². The van der Waals surface area contributed by atoms with E-state index in [1.54, 1.807) is 16.1 Å². The average molecular weight is 403 g/mol. The monoisotopic (exact) mass is 402 g/mol. The molecule has 2 aromatic rings. The van der Waals surface area contributed by atoms with Crippen LogP contribution < -0.4 is 0 Å². The highest BCUT2D eigenvalue weighted by molar-refractivity contribution is 7.99. The van der Waals surface area contributed by atoms with Crippen molar-refractivity contribution in [2.45, 2.75) is 34.8 Å². The number of rotatable bonds is 3. The second kappa shape index (κ2) is 7.59. The molecule has 0 saturated carbocycles. The smallest absolute Gasteiger partial charge is 0.220 e. The van der Waals surface area contributed by atoms with Crippen LogP contribution in [-0.2, 0) is 16.4 Å². The van der Waals surface area contributed by atoms with Gasteiger partial charge in [0.15, 0.2) is 0 Å². The van der Waals surface area contributed by atoms with Gasteiger partial charge in [-0.2, -0.15) is 0 Å². The first-order valence-corrected chi connectivity index (χ1v) is 11.8. The van der Waals surface area contributed by atoms with E-state index in [1.807, 2.05) is 13.0 Å². The molecule has 1 saturated heterocycles. The zero-order chi connectivity index (χ0) is 19.0. The fourth-order valence-corrected chi connectivity index (χ4v) is 6.55. The summed E-state index contributed by atoms with van der Waals surface area (Å²) in [4.78, 5) is 4.74. The maximum atomic E-state index is 13.2. The third-order valence-electron chi connectivity index (χ3n) is 5.61. The summed E-state index contributed by atoms with van der Waals surface area (Å²) in [6.07, 6.45) is 1.76. The molecule has 0 aliphatic carbocycles. The summed E-state index contributed by atoms with van der Waals surface area (Å²) < 4.78 is 28.1. The van der Waals surface area contributed by atoms with Gasteiger partial charge in [-0.3, -0.25) is 0 Å². The third-order valence-corrected chi connectivity index (χ3v) is 9.10. The highest BCUT2D eigenvalue weighted by Gasteiger charge is 2.31. The van der Waals surface area contributed by atoms with Gasteiger partial charge in [0.25, 0.3) is 0 Å². The normalized spacial score (nSPS) is 19.8. The lowest BCUT2D eigenvalue weighted by molar-refractivity contribution is 0.346. The minimum atomic E-state index is -3.35. The number of benzene rings is 2. The van der Waals surface area contributed by atoms with Gasteiger partial charge in [-0.25, -0.2) is 12.7 Å². The Bertz CT molecular complexity index is 943. The van der Waals surface area contributed by atoms with E-state index in [1.165, 1.54) is 20.9 Å². The highest BCUT2D eigenvalue weighted by Crippen LogP contribution is 2.40. The van der Waals surface area contributed by atoms with Gasteiger partial charge < -0.3 is 4.90 Å². The van der Waals surface area contributed by atoms with E-state index in [0.717, 1.165) is 31.5 Å². The minimum Gasteiger partial charge on any atom is -0.305 e. The van der Waals surface area contributed by atoms with Gasteiger partial charge in [0.05, 0.1) is 5.25 Å². The second-order valence-corrected chi connectivity index (χ2v) is 10.8. The summed E-state index contributed by atoms with van der Waals surface area (Å²) in [5.74, 6) is 0. The average Bonchev–Trinajstić information content (AvgIpc) is 2.90. The molecule has 0 aromatic heterocycles. The molecular formula is C21H26N2O2S2. The van der Waals surface area contributed by atoms with Crippen molar-refractivity contribution in [2.24, 2.45) is 0 Å². The summed E-state index contributed by atoms with van der Waals surface area (Å²) in [6, 6.07) is 14.6. The molecule has 27 heavy (non-hydrogen) atoms. The van der Waals surface area contributed by atoms with Crippen molar-refractivity contribution < 1.29 is 8.42 Å². The zero-order valence-corrected chi connectivity index (χ0v) is 17.5. The molecule has 0 N–H and O–H groups in total. The fraction of sp³-hybridized carbons (Fsp3) is 0.429. The predicted octanol–water partition coefficient (Wildman–Crippen LogP) is 3.77. The summed E-state index contributed by atoms with van der Waals surface area (Å²) in [5, 5.41) is -0.520. The van der Waals surface area contributed by atoms with Gasteiger partial charge >= 0.3 is 0 Å². The van der Waals surface area contributed by atoms with Crippen LogP contribution in [0.5, 0.6) is 0 Å². The molecule has 2 heterocycles. The maximum absolute atomic E-state index is 13.2. The molecular weight excluding hydrogens is 376 g/mol. The van der Waals surface area contributed by atoms with Crippen LogP contribution in [0.25, 0.3) is 0 Å². The summed E-state index contributed by atoms with van der Waals surface area (Å²) in [5.41, 5.74) is 3.44. The van der Waals surface area contributed by atoms with Crippen molar-refractivity contribution in [3.05, 3.63) is 59.2 Å². The van der Waals surface area contributed by atoms with Crippen LogP contribution in [-0.4, -0.2) is 50.8 Å². The number of fused-ring (bicyclic) bond motifs is 2. The van der Waals surface area contributed by atoms with Crippen LogP contribution in [0.2, 0.25) is 0 Å². The van der Waals surface area contributed by atoms with Crippen molar-refractivity contribution in [1.29, 1.82) is 0 Å². The molecule has 0 amide bonds. The molecule has 144 valence electrons. The van der Waals surface area contributed by atoms with Crippen molar-refractivity contribution in [3.8, 4) is 0 Å². The Balaban J connectivity index is 1.59. The van der Waals surface area contributed by atoms with E-state index >= 15 is 0 Å². The van der Waals surface area contributed by atoms with Crippen molar-refractivity contribution >= 4 is 21.8 Å². The van der Waals surface area contributed by atoms with E-state index < -0.39 is 15.3 Å². The van der Waals surface area contributed by atoms with Gasteiger partial charge in [-0.1, -0.05) is 42.1 Å². The molecule has 1 fully saturated rings. The number of hydrogen-bond donors (Lipinski definition) is 0. The quantitative estimate of drug-likeness (QED) is 0.669. The molecule has 4 rings (SSSR count). The summed E-state index contributed by atoms with van der Waals surface area (Å²) in [7, 11) is -1.29. The number of nitrogens with zero attached hydrogens (tertiary/aromatic N) is 2. The molecule has 0 spiro atoms. The molecule has 1 atom stereocenters. The van der Waals surface area contributed by atoms with Crippen LogP contribution >= 0.6 is 11.8 Å². The molecule has 4 nitrogen and oxygen atoms in total. The van der Waals surface area contributed by atoms with Gasteiger partial charge in [-0.15, -0.1) is 0 Å². The lowest BCUT2D eigenvalue weighted by atomic mass is 10.0. The highest BCUT2D eigenvalue weighted by atomic mass is 32.2. The molecule has 2 aromatic carbocycles.